The zero-order valence-corrected chi connectivity index (χ0v) is 8.51. The second-order valence-electron chi connectivity index (χ2n) is 3.75. The minimum atomic E-state index is -0.346. The van der Waals surface area contributed by atoms with E-state index in [2.05, 4.69) is 4.98 Å². The van der Waals surface area contributed by atoms with Gasteiger partial charge in [-0.1, -0.05) is 25.4 Å². The van der Waals surface area contributed by atoms with Crippen LogP contribution in [-0.2, 0) is 11.2 Å². The third-order valence-electron chi connectivity index (χ3n) is 1.74. The smallest absolute Gasteiger partial charge is 0.125 e. The zero-order chi connectivity index (χ0) is 9.90. The molecule has 1 aromatic rings. The predicted molar refractivity (Wildman–Crippen MR) is 52.8 cm³/mol. The van der Waals surface area contributed by atoms with Crippen LogP contribution >= 0.6 is 11.6 Å². The van der Waals surface area contributed by atoms with Gasteiger partial charge in [-0.25, -0.2) is 0 Å². The minimum Gasteiger partial charge on any atom is -0.303 e. The maximum Gasteiger partial charge on any atom is 0.125 e. The van der Waals surface area contributed by atoms with Crippen LogP contribution in [0.5, 0.6) is 0 Å². The summed E-state index contributed by atoms with van der Waals surface area (Å²) in [6.45, 7) is 3.77. The van der Waals surface area contributed by atoms with Gasteiger partial charge in [-0.05, 0) is 12.1 Å². The molecule has 13 heavy (non-hydrogen) atoms. The SMILES string of the molecule is CC(C)(C=O)Cc1ccc(Cl)cn1. The average Bonchev–Trinajstić information content (AvgIpc) is 2.09. The van der Waals surface area contributed by atoms with Crippen molar-refractivity contribution in [1.82, 2.24) is 4.98 Å². The van der Waals surface area contributed by atoms with Gasteiger partial charge in [0.2, 0.25) is 0 Å². The first-order chi connectivity index (χ1) is 6.03. The molecule has 1 aromatic heterocycles. The highest BCUT2D eigenvalue weighted by molar-refractivity contribution is 6.30. The van der Waals surface area contributed by atoms with Crippen LogP contribution in [0.2, 0.25) is 5.02 Å². The molecule has 0 amide bonds. The summed E-state index contributed by atoms with van der Waals surface area (Å²) in [5.74, 6) is 0. The lowest BCUT2D eigenvalue weighted by molar-refractivity contribution is -0.114. The van der Waals surface area contributed by atoms with Gasteiger partial charge in [-0.15, -0.1) is 0 Å². The quantitative estimate of drug-likeness (QED) is 0.697. The molecule has 1 heterocycles. The van der Waals surface area contributed by atoms with Gasteiger partial charge in [-0.3, -0.25) is 4.98 Å². The molecule has 0 N–H and O–H groups in total. The Morgan fingerprint density at radius 3 is 2.69 bits per heavy atom. The topological polar surface area (TPSA) is 30.0 Å². The number of aromatic nitrogens is 1. The van der Waals surface area contributed by atoms with Crippen molar-refractivity contribution in [2.24, 2.45) is 5.41 Å². The number of aldehydes is 1. The summed E-state index contributed by atoms with van der Waals surface area (Å²) in [6.07, 6.45) is 3.19. The summed E-state index contributed by atoms with van der Waals surface area (Å²) in [7, 11) is 0. The third kappa shape index (κ3) is 3.15. The number of carbonyl (C=O) groups excluding carboxylic acids is 1. The minimum absolute atomic E-state index is 0.346. The Morgan fingerprint density at radius 1 is 1.54 bits per heavy atom. The Kier molecular flexibility index (Phi) is 3.04. The number of carbonyl (C=O) groups is 1. The maximum absolute atomic E-state index is 10.6. The van der Waals surface area contributed by atoms with Gasteiger partial charge in [0.05, 0.1) is 5.02 Å². The summed E-state index contributed by atoms with van der Waals surface area (Å²) >= 11 is 5.68. The second kappa shape index (κ2) is 3.88. The molecule has 70 valence electrons. The molecule has 0 saturated carbocycles. The van der Waals surface area contributed by atoms with Gasteiger partial charge >= 0.3 is 0 Å². The van der Waals surface area contributed by atoms with Crippen LogP contribution in [0.4, 0.5) is 0 Å². The Balaban J connectivity index is 2.75. The molecule has 0 aliphatic carbocycles. The van der Waals surface area contributed by atoms with Crippen molar-refractivity contribution in [3.8, 4) is 0 Å². The highest BCUT2D eigenvalue weighted by Gasteiger charge is 2.17. The van der Waals surface area contributed by atoms with Gasteiger partial charge in [0.25, 0.3) is 0 Å². The molecule has 0 aromatic carbocycles. The van der Waals surface area contributed by atoms with Gasteiger partial charge < -0.3 is 4.79 Å². The van der Waals surface area contributed by atoms with Crippen molar-refractivity contribution in [2.75, 3.05) is 0 Å². The van der Waals surface area contributed by atoms with Crippen LogP contribution in [0.15, 0.2) is 18.3 Å². The van der Waals surface area contributed by atoms with E-state index in [9.17, 15) is 4.79 Å². The largest absolute Gasteiger partial charge is 0.303 e. The number of hydrogen-bond donors (Lipinski definition) is 0. The Morgan fingerprint density at radius 2 is 2.23 bits per heavy atom. The van der Waals surface area contributed by atoms with E-state index in [0.29, 0.717) is 11.4 Å². The summed E-state index contributed by atoms with van der Waals surface area (Å²) in [4.78, 5) is 14.8. The first-order valence-electron chi connectivity index (χ1n) is 4.10. The standard InChI is InChI=1S/C10H12ClNO/c1-10(2,7-13)5-9-4-3-8(11)6-12-9/h3-4,6-7H,5H2,1-2H3. The molecule has 0 radical (unpaired) electrons. The molecule has 0 unspecified atom stereocenters. The third-order valence-corrected chi connectivity index (χ3v) is 1.97. The molecule has 0 aliphatic rings. The van der Waals surface area contributed by atoms with Crippen LogP contribution < -0.4 is 0 Å². The van der Waals surface area contributed by atoms with E-state index in [1.165, 1.54) is 0 Å². The molecular formula is C10H12ClNO. The summed E-state index contributed by atoms with van der Waals surface area (Å²) in [5, 5.41) is 0.618. The van der Waals surface area contributed by atoms with E-state index in [4.69, 9.17) is 11.6 Å². The molecule has 0 aliphatic heterocycles. The molecule has 3 heteroatoms. The molecule has 0 atom stereocenters. The fourth-order valence-corrected chi connectivity index (χ4v) is 1.13. The molecule has 0 bridgehead atoms. The molecule has 0 saturated heterocycles. The molecule has 0 fully saturated rings. The van der Waals surface area contributed by atoms with Crippen LogP contribution in [0.1, 0.15) is 19.5 Å². The zero-order valence-electron chi connectivity index (χ0n) is 7.75. The fraction of sp³-hybridized carbons (Fsp3) is 0.400. The van der Waals surface area contributed by atoms with Gasteiger partial charge in [0.1, 0.15) is 6.29 Å². The van der Waals surface area contributed by atoms with E-state index in [1.54, 1.807) is 12.3 Å². The van der Waals surface area contributed by atoms with Crippen LogP contribution in [0, 0.1) is 5.41 Å². The molecule has 1 rings (SSSR count). The monoisotopic (exact) mass is 197 g/mol. The summed E-state index contributed by atoms with van der Waals surface area (Å²) in [5.41, 5.74) is 0.544. The molecule has 2 nitrogen and oxygen atoms in total. The Hall–Kier alpha value is -0.890. The van der Waals surface area contributed by atoms with Crippen molar-refractivity contribution in [2.45, 2.75) is 20.3 Å². The Labute approximate surface area is 82.9 Å². The Bertz CT molecular complexity index is 292. The lowest BCUT2D eigenvalue weighted by Crippen LogP contribution is -2.17. The van der Waals surface area contributed by atoms with Crippen LogP contribution in [0.25, 0.3) is 0 Å². The predicted octanol–water partition coefficient (Wildman–Crippen LogP) is 2.50. The van der Waals surface area contributed by atoms with Crippen molar-refractivity contribution < 1.29 is 4.79 Å². The van der Waals surface area contributed by atoms with Gasteiger partial charge in [0, 0.05) is 23.7 Å². The van der Waals surface area contributed by atoms with E-state index >= 15 is 0 Å². The first-order valence-corrected chi connectivity index (χ1v) is 4.48. The summed E-state index contributed by atoms with van der Waals surface area (Å²) < 4.78 is 0. The maximum atomic E-state index is 10.6. The van der Waals surface area contributed by atoms with Crippen molar-refractivity contribution >= 4 is 17.9 Å². The number of pyridine rings is 1. The lowest BCUT2D eigenvalue weighted by Gasteiger charge is -2.15. The number of halogens is 1. The van der Waals surface area contributed by atoms with Crippen molar-refractivity contribution in [1.29, 1.82) is 0 Å². The summed E-state index contributed by atoms with van der Waals surface area (Å²) in [6, 6.07) is 3.62. The van der Waals surface area contributed by atoms with E-state index < -0.39 is 0 Å². The number of nitrogens with zero attached hydrogens (tertiary/aromatic N) is 1. The van der Waals surface area contributed by atoms with E-state index in [0.717, 1.165) is 12.0 Å². The highest BCUT2D eigenvalue weighted by Crippen LogP contribution is 2.18. The average molecular weight is 198 g/mol. The van der Waals surface area contributed by atoms with Gasteiger partial charge in [0.15, 0.2) is 0 Å². The van der Waals surface area contributed by atoms with E-state index in [-0.39, 0.29) is 5.41 Å². The molecular weight excluding hydrogens is 186 g/mol. The van der Waals surface area contributed by atoms with Crippen LogP contribution in [-0.4, -0.2) is 11.3 Å². The highest BCUT2D eigenvalue weighted by atomic mass is 35.5. The van der Waals surface area contributed by atoms with E-state index in [1.807, 2.05) is 19.9 Å². The van der Waals surface area contributed by atoms with Crippen LogP contribution in [0.3, 0.4) is 0 Å². The number of hydrogen-bond acceptors (Lipinski definition) is 2. The first kappa shape index (κ1) is 10.2. The normalized spacial score (nSPS) is 11.3. The molecule has 0 spiro atoms. The van der Waals surface area contributed by atoms with Crippen molar-refractivity contribution in [3.05, 3.63) is 29.0 Å². The number of rotatable bonds is 3. The second-order valence-corrected chi connectivity index (χ2v) is 4.19. The fourth-order valence-electron chi connectivity index (χ4n) is 1.02. The lowest BCUT2D eigenvalue weighted by atomic mass is 9.90. The van der Waals surface area contributed by atoms with Gasteiger partial charge in [-0.2, -0.15) is 0 Å². The van der Waals surface area contributed by atoms with Crippen molar-refractivity contribution in [3.63, 3.8) is 0 Å².